The second-order valence-corrected chi connectivity index (χ2v) is 5.71. The highest BCUT2D eigenvalue weighted by Crippen LogP contribution is 2.46. The minimum Gasteiger partial charge on any atom is -0.250 e. The van der Waals surface area contributed by atoms with Crippen LogP contribution in [0, 0.1) is 5.92 Å². The molecule has 2 saturated carbocycles. The zero-order valence-corrected chi connectivity index (χ0v) is 10.9. The fraction of sp³-hybridized carbons (Fsp3) is 0.750. The minimum atomic E-state index is 0.432. The summed E-state index contributed by atoms with van der Waals surface area (Å²) >= 11 is 12.4. The average Bonchev–Trinajstić information content (AvgIpc) is 3.15. The number of aromatic nitrogens is 2. The molecule has 4 heteroatoms. The number of halogens is 2. The lowest BCUT2D eigenvalue weighted by atomic mass is 10.2. The molecule has 1 heterocycles. The molecule has 0 spiro atoms. The molecule has 1 aromatic heterocycles. The van der Waals surface area contributed by atoms with Crippen molar-refractivity contribution in [2.24, 2.45) is 5.92 Å². The number of nitrogens with zero attached hydrogens (tertiary/aromatic N) is 2. The molecule has 2 fully saturated rings. The summed E-state index contributed by atoms with van der Waals surface area (Å²) in [5.41, 5.74) is 2.23. The smallest absolute Gasteiger partial charge is 0.132 e. The maximum Gasteiger partial charge on any atom is 0.132 e. The van der Waals surface area contributed by atoms with Gasteiger partial charge in [-0.1, -0.05) is 11.6 Å². The van der Waals surface area contributed by atoms with Crippen molar-refractivity contribution in [1.29, 1.82) is 0 Å². The lowest BCUT2D eigenvalue weighted by Gasteiger charge is -2.11. The van der Waals surface area contributed by atoms with E-state index in [2.05, 4.69) is 6.92 Å². The molecular weight excluding hydrogens is 243 g/mol. The van der Waals surface area contributed by atoms with Crippen molar-refractivity contribution in [1.82, 2.24) is 9.78 Å². The third-order valence-corrected chi connectivity index (χ3v) is 4.43. The Labute approximate surface area is 106 Å². The Hall–Kier alpha value is -0.210. The second kappa shape index (κ2) is 3.92. The highest BCUT2D eigenvalue weighted by atomic mass is 35.5. The first-order valence-electron chi connectivity index (χ1n) is 6.05. The zero-order chi connectivity index (χ0) is 11.3. The van der Waals surface area contributed by atoms with E-state index in [9.17, 15) is 0 Å². The van der Waals surface area contributed by atoms with Crippen LogP contribution in [-0.4, -0.2) is 9.78 Å². The largest absolute Gasteiger partial charge is 0.250 e. The number of hydrogen-bond acceptors (Lipinski definition) is 1. The van der Waals surface area contributed by atoms with Crippen LogP contribution in [0.2, 0.25) is 5.15 Å². The van der Waals surface area contributed by atoms with Gasteiger partial charge in [-0.15, -0.1) is 11.6 Å². The van der Waals surface area contributed by atoms with E-state index in [-0.39, 0.29) is 0 Å². The van der Waals surface area contributed by atoms with E-state index in [1.807, 2.05) is 4.68 Å². The van der Waals surface area contributed by atoms with Crippen molar-refractivity contribution in [2.75, 3.05) is 0 Å². The number of hydrogen-bond donors (Lipinski definition) is 0. The molecule has 0 radical (unpaired) electrons. The first kappa shape index (κ1) is 10.9. The van der Waals surface area contributed by atoms with Gasteiger partial charge in [0.1, 0.15) is 5.15 Å². The van der Waals surface area contributed by atoms with E-state index in [1.165, 1.54) is 25.7 Å². The van der Waals surface area contributed by atoms with Gasteiger partial charge in [0.15, 0.2) is 0 Å². The first-order chi connectivity index (χ1) is 7.72. The summed E-state index contributed by atoms with van der Waals surface area (Å²) in [6.45, 7) is 2.21. The van der Waals surface area contributed by atoms with Crippen molar-refractivity contribution in [3.05, 3.63) is 16.4 Å². The molecule has 1 atom stereocenters. The highest BCUT2D eigenvalue weighted by Gasteiger charge is 2.35. The van der Waals surface area contributed by atoms with Crippen LogP contribution in [0.1, 0.15) is 55.8 Å². The summed E-state index contributed by atoms with van der Waals surface area (Å²) in [5.74, 6) is 1.88. The molecule has 3 rings (SSSR count). The third kappa shape index (κ3) is 1.76. The van der Waals surface area contributed by atoms with Crippen molar-refractivity contribution in [3.8, 4) is 0 Å². The molecule has 88 valence electrons. The van der Waals surface area contributed by atoms with Crippen molar-refractivity contribution >= 4 is 23.2 Å². The molecular formula is C12H16Cl2N2. The lowest BCUT2D eigenvalue weighted by molar-refractivity contribution is 0.437. The fourth-order valence-electron chi connectivity index (χ4n) is 2.32. The maximum absolute atomic E-state index is 6.38. The van der Waals surface area contributed by atoms with Gasteiger partial charge < -0.3 is 0 Å². The molecule has 2 nitrogen and oxygen atoms in total. The van der Waals surface area contributed by atoms with Gasteiger partial charge in [0, 0.05) is 11.5 Å². The summed E-state index contributed by atoms with van der Waals surface area (Å²) in [6.07, 6.45) is 5.11. The van der Waals surface area contributed by atoms with Crippen LogP contribution in [0.5, 0.6) is 0 Å². The molecule has 0 amide bonds. The Kier molecular flexibility index (Phi) is 2.67. The Morgan fingerprint density at radius 2 is 2.06 bits per heavy atom. The standard InChI is InChI=1S/C12H16Cl2N2/c1-7(8-2-3-8)16-12(14)10(6-13)11(15-16)9-4-5-9/h7-9H,2-6H2,1H3. The van der Waals surface area contributed by atoms with Crippen LogP contribution in [0.4, 0.5) is 0 Å². The summed E-state index contributed by atoms with van der Waals surface area (Å²) < 4.78 is 2.00. The lowest BCUT2D eigenvalue weighted by Crippen LogP contribution is -2.09. The van der Waals surface area contributed by atoms with E-state index in [0.29, 0.717) is 17.8 Å². The van der Waals surface area contributed by atoms with E-state index in [0.717, 1.165) is 22.3 Å². The van der Waals surface area contributed by atoms with Crippen LogP contribution < -0.4 is 0 Å². The van der Waals surface area contributed by atoms with Gasteiger partial charge in [0.2, 0.25) is 0 Å². The molecule has 0 aromatic carbocycles. The Bertz CT molecular complexity index is 405. The second-order valence-electron chi connectivity index (χ2n) is 5.09. The summed E-state index contributed by atoms with van der Waals surface area (Å²) in [4.78, 5) is 0. The Morgan fingerprint density at radius 1 is 1.38 bits per heavy atom. The SMILES string of the molecule is CC(C1CC1)n1nc(C2CC2)c(CCl)c1Cl. The van der Waals surface area contributed by atoms with Crippen LogP contribution in [0.15, 0.2) is 0 Å². The van der Waals surface area contributed by atoms with Gasteiger partial charge in [0.25, 0.3) is 0 Å². The van der Waals surface area contributed by atoms with Gasteiger partial charge in [-0.25, -0.2) is 0 Å². The van der Waals surface area contributed by atoms with E-state index in [1.54, 1.807) is 0 Å². The van der Waals surface area contributed by atoms with Gasteiger partial charge >= 0.3 is 0 Å². The van der Waals surface area contributed by atoms with Crippen LogP contribution >= 0.6 is 23.2 Å². The fourth-order valence-corrected chi connectivity index (χ4v) is 3.01. The quantitative estimate of drug-likeness (QED) is 0.743. The first-order valence-corrected chi connectivity index (χ1v) is 6.96. The van der Waals surface area contributed by atoms with Gasteiger partial charge in [-0.3, -0.25) is 4.68 Å². The summed E-state index contributed by atoms with van der Waals surface area (Å²) in [7, 11) is 0. The monoisotopic (exact) mass is 258 g/mol. The summed E-state index contributed by atoms with van der Waals surface area (Å²) in [5, 5.41) is 5.48. The molecule has 2 aliphatic rings. The average molecular weight is 259 g/mol. The molecule has 0 bridgehead atoms. The Balaban J connectivity index is 1.97. The molecule has 0 saturated heterocycles. The number of rotatable bonds is 4. The van der Waals surface area contributed by atoms with E-state index < -0.39 is 0 Å². The van der Waals surface area contributed by atoms with Crippen LogP contribution in [0.25, 0.3) is 0 Å². The predicted molar refractivity (Wildman–Crippen MR) is 66.2 cm³/mol. The predicted octanol–water partition coefficient (Wildman–Crippen LogP) is 4.12. The normalized spacial score (nSPS) is 22.4. The van der Waals surface area contributed by atoms with Crippen molar-refractivity contribution in [3.63, 3.8) is 0 Å². The zero-order valence-electron chi connectivity index (χ0n) is 9.42. The maximum atomic E-state index is 6.38. The van der Waals surface area contributed by atoms with Crippen LogP contribution in [-0.2, 0) is 5.88 Å². The van der Waals surface area contributed by atoms with Gasteiger partial charge in [0.05, 0.1) is 17.6 Å². The highest BCUT2D eigenvalue weighted by molar-refractivity contribution is 6.31. The summed E-state index contributed by atoms with van der Waals surface area (Å²) in [6, 6.07) is 0.432. The molecule has 2 aliphatic carbocycles. The van der Waals surface area contributed by atoms with Gasteiger partial charge in [-0.05, 0) is 38.5 Å². The van der Waals surface area contributed by atoms with Crippen LogP contribution in [0.3, 0.4) is 0 Å². The minimum absolute atomic E-state index is 0.432. The van der Waals surface area contributed by atoms with Crippen molar-refractivity contribution in [2.45, 2.75) is 50.4 Å². The van der Waals surface area contributed by atoms with Crippen molar-refractivity contribution < 1.29 is 0 Å². The topological polar surface area (TPSA) is 17.8 Å². The Morgan fingerprint density at radius 3 is 2.56 bits per heavy atom. The molecule has 1 aromatic rings. The number of alkyl halides is 1. The third-order valence-electron chi connectivity index (χ3n) is 3.76. The molecule has 16 heavy (non-hydrogen) atoms. The van der Waals surface area contributed by atoms with E-state index in [4.69, 9.17) is 28.3 Å². The molecule has 0 N–H and O–H groups in total. The molecule has 0 aliphatic heterocycles. The molecule has 1 unspecified atom stereocenters. The van der Waals surface area contributed by atoms with E-state index >= 15 is 0 Å². The van der Waals surface area contributed by atoms with Gasteiger partial charge in [-0.2, -0.15) is 5.10 Å².